The molecule has 1 atom stereocenters. The number of anilines is 1. The van der Waals surface area contributed by atoms with Crippen molar-refractivity contribution < 1.29 is 14.3 Å². The fourth-order valence-corrected chi connectivity index (χ4v) is 3.76. The quantitative estimate of drug-likeness (QED) is 0.718. The number of nitrogens with zero attached hydrogens (tertiary/aromatic N) is 2. The van der Waals surface area contributed by atoms with Gasteiger partial charge in [0.25, 0.3) is 5.91 Å². The molecule has 0 N–H and O–H groups in total. The highest BCUT2D eigenvalue weighted by Crippen LogP contribution is 2.27. The molecule has 1 unspecified atom stereocenters. The summed E-state index contributed by atoms with van der Waals surface area (Å²) >= 11 is 3.50. The predicted molar refractivity (Wildman–Crippen MR) is 111 cm³/mol. The van der Waals surface area contributed by atoms with E-state index >= 15 is 0 Å². The first-order valence-corrected chi connectivity index (χ1v) is 9.88. The van der Waals surface area contributed by atoms with E-state index in [1.54, 1.807) is 7.11 Å². The number of hydrogen-bond acceptors (Lipinski definition) is 4. The second-order valence-electron chi connectivity index (χ2n) is 6.70. The van der Waals surface area contributed by atoms with E-state index in [0.29, 0.717) is 18.8 Å². The number of amides is 1. The normalized spacial score (nSPS) is 15.4. The standard InChI is InChI=1S/C21H25BrN2O3/c1-15-4-9-20(19(22)14-15)27-16(2)21(25)24-12-10-23(11-13-24)17-5-7-18(26-3)8-6-17/h4-9,14,16H,10-13H2,1-3H3. The summed E-state index contributed by atoms with van der Waals surface area (Å²) in [6, 6.07) is 13.9. The molecule has 0 bridgehead atoms. The molecule has 144 valence electrons. The molecule has 1 fully saturated rings. The van der Waals surface area contributed by atoms with Gasteiger partial charge in [0, 0.05) is 31.9 Å². The average molecular weight is 433 g/mol. The van der Waals surface area contributed by atoms with Gasteiger partial charge in [-0.15, -0.1) is 0 Å². The van der Waals surface area contributed by atoms with Gasteiger partial charge in [-0.2, -0.15) is 0 Å². The van der Waals surface area contributed by atoms with Crippen LogP contribution < -0.4 is 14.4 Å². The zero-order valence-electron chi connectivity index (χ0n) is 15.9. The van der Waals surface area contributed by atoms with Gasteiger partial charge in [0.2, 0.25) is 0 Å². The molecule has 0 aromatic heterocycles. The van der Waals surface area contributed by atoms with Crippen LogP contribution in [0.25, 0.3) is 0 Å². The molecule has 0 spiro atoms. The van der Waals surface area contributed by atoms with Crippen molar-refractivity contribution >= 4 is 27.5 Å². The van der Waals surface area contributed by atoms with Crippen molar-refractivity contribution in [3.8, 4) is 11.5 Å². The van der Waals surface area contributed by atoms with Gasteiger partial charge in [-0.05, 0) is 71.7 Å². The summed E-state index contributed by atoms with van der Waals surface area (Å²) in [7, 11) is 1.66. The Balaban J connectivity index is 1.55. The Morgan fingerprint density at radius 3 is 2.33 bits per heavy atom. The second-order valence-corrected chi connectivity index (χ2v) is 7.56. The van der Waals surface area contributed by atoms with Crippen molar-refractivity contribution in [2.75, 3.05) is 38.2 Å². The van der Waals surface area contributed by atoms with Crippen molar-refractivity contribution in [2.24, 2.45) is 0 Å². The lowest BCUT2D eigenvalue weighted by Gasteiger charge is -2.37. The van der Waals surface area contributed by atoms with E-state index in [4.69, 9.17) is 9.47 Å². The highest BCUT2D eigenvalue weighted by Gasteiger charge is 2.26. The SMILES string of the molecule is COc1ccc(N2CCN(C(=O)C(C)Oc3ccc(C)cc3Br)CC2)cc1. The number of aryl methyl sites for hydroxylation is 1. The number of rotatable bonds is 5. The molecule has 2 aromatic rings. The van der Waals surface area contributed by atoms with Gasteiger partial charge in [-0.3, -0.25) is 4.79 Å². The number of halogens is 1. The van der Waals surface area contributed by atoms with Crippen LogP contribution in [-0.4, -0.2) is 50.2 Å². The van der Waals surface area contributed by atoms with E-state index < -0.39 is 6.10 Å². The van der Waals surface area contributed by atoms with Crippen molar-refractivity contribution in [3.05, 3.63) is 52.5 Å². The summed E-state index contributed by atoms with van der Waals surface area (Å²) in [6.45, 7) is 6.81. The Morgan fingerprint density at radius 2 is 1.74 bits per heavy atom. The minimum Gasteiger partial charge on any atom is -0.497 e. The van der Waals surface area contributed by atoms with Gasteiger partial charge in [-0.1, -0.05) is 6.07 Å². The monoisotopic (exact) mass is 432 g/mol. The third-order valence-corrected chi connectivity index (χ3v) is 5.39. The zero-order valence-corrected chi connectivity index (χ0v) is 17.5. The molecule has 1 heterocycles. The summed E-state index contributed by atoms with van der Waals surface area (Å²) < 4.78 is 12.0. The fourth-order valence-electron chi connectivity index (χ4n) is 3.18. The largest absolute Gasteiger partial charge is 0.497 e. The fraction of sp³-hybridized carbons (Fsp3) is 0.381. The smallest absolute Gasteiger partial charge is 0.263 e. The topological polar surface area (TPSA) is 42.0 Å². The van der Waals surface area contributed by atoms with Crippen LogP contribution >= 0.6 is 15.9 Å². The molecule has 27 heavy (non-hydrogen) atoms. The summed E-state index contributed by atoms with van der Waals surface area (Å²) in [5, 5.41) is 0. The molecule has 1 aliphatic heterocycles. The van der Waals surface area contributed by atoms with Crippen molar-refractivity contribution in [1.82, 2.24) is 4.90 Å². The van der Waals surface area contributed by atoms with Gasteiger partial charge in [0.15, 0.2) is 6.10 Å². The molecular weight excluding hydrogens is 408 g/mol. The molecule has 3 rings (SSSR count). The lowest BCUT2D eigenvalue weighted by Crippen LogP contribution is -2.52. The van der Waals surface area contributed by atoms with Crippen LogP contribution in [0.2, 0.25) is 0 Å². The lowest BCUT2D eigenvalue weighted by molar-refractivity contribution is -0.138. The number of carbonyl (C=O) groups is 1. The maximum Gasteiger partial charge on any atom is 0.263 e. The number of methoxy groups -OCH3 is 1. The Kier molecular flexibility index (Phi) is 6.26. The van der Waals surface area contributed by atoms with Crippen LogP contribution in [0.5, 0.6) is 11.5 Å². The summed E-state index contributed by atoms with van der Waals surface area (Å²) in [5.74, 6) is 1.57. The van der Waals surface area contributed by atoms with Crippen LogP contribution in [0.1, 0.15) is 12.5 Å². The van der Waals surface area contributed by atoms with Gasteiger partial charge in [0.1, 0.15) is 11.5 Å². The maximum atomic E-state index is 12.8. The molecule has 1 saturated heterocycles. The molecule has 0 radical (unpaired) electrons. The Labute approximate surface area is 169 Å². The van der Waals surface area contributed by atoms with Crippen molar-refractivity contribution in [3.63, 3.8) is 0 Å². The number of piperazine rings is 1. The molecular formula is C21H25BrN2O3. The minimum atomic E-state index is -0.517. The third kappa shape index (κ3) is 4.75. The molecule has 0 saturated carbocycles. The molecule has 6 heteroatoms. The van der Waals surface area contributed by atoms with Crippen LogP contribution in [-0.2, 0) is 4.79 Å². The molecule has 0 aliphatic carbocycles. The van der Waals surface area contributed by atoms with Crippen molar-refractivity contribution in [2.45, 2.75) is 20.0 Å². The number of benzene rings is 2. The summed E-state index contributed by atoms with van der Waals surface area (Å²) in [5.41, 5.74) is 2.29. The first-order chi connectivity index (χ1) is 13.0. The first kappa shape index (κ1) is 19.5. The van der Waals surface area contributed by atoms with Crippen LogP contribution in [0.4, 0.5) is 5.69 Å². The van der Waals surface area contributed by atoms with Gasteiger partial charge < -0.3 is 19.3 Å². The molecule has 5 nitrogen and oxygen atoms in total. The number of hydrogen-bond donors (Lipinski definition) is 0. The van der Waals surface area contributed by atoms with E-state index in [9.17, 15) is 4.79 Å². The van der Waals surface area contributed by atoms with Gasteiger partial charge >= 0.3 is 0 Å². The molecule has 1 aliphatic rings. The van der Waals surface area contributed by atoms with Crippen LogP contribution in [0.15, 0.2) is 46.9 Å². The van der Waals surface area contributed by atoms with Crippen LogP contribution in [0.3, 0.4) is 0 Å². The lowest BCUT2D eigenvalue weighted by atomic mass is 10.2. The molecule has 1 amide bonds. The van der Waals surface area contributed by atoms with E-state index in [-0.39, 0.29) is 5.91 Å². The van der Waals surface area contributed by atoms with Gasteiger partial charge in [0.05, 0.1) is 11.6 Å². The van der Waals surface area contributed by atoms with E-state index in [0.717, 1.165) is 34.6 Å². The van der Waals surface area contributed by atoms with E-state index in [1.807, 2.05) is 49.1 Å². The maximum absolute atomic E-state index is 12.8. The van der Waals surface area contributed by atoms with Crippen molar-refractivity contribution in [1.29, 1.82) is 0 Å². The number of ether oxygens (including phenoxy) is 2. The first-order valence-electron chi connectivity index (χ1n) is 9.08. The van der Waals surface area contributed by atoms with E-state index in [1.165, 1.54) is 0 Å². The summed E-state index contributed by atoms with van der Waals surface area (Å²) in [6.07, 6.45) is -0.517. The summed E-state index contributed by atoms with van der Waals surface area (Å²) in [4.78, 5) is 16.9. The third-order valence-electron chi connectivity index (χ3n) is 4.77. The predicted octanol–water partition coefficient (Wildman–Crippen LogP) is 3.88. The number of carbonyl (C=O) groups excluding carboxylic acids is 1. The highest BCUT2D eigenvalue weighted by atomic mass is 79.9. The highest BCUT2D eigenvalue weighted by molar-refractivity contribution is 9.10. The van der Waals surface area contributed by atoms with Gasteiger partial charge in [-0.25, -0.2) is 0 Å². The van der Waals surface area contributed by atoms with E-state index in [2.05, 4.69) is 33.0 Å². The Bertz CT molecular complexity index is 787. The molecule has 2 aromatic carbocycles. The minimum absolute atomic E-state index is 0.0249. The Morgan fingerprint density at radius 1 is 1.07 bits per heavy atom. The second kappa shape index (κ2) is 8.65. The van der Waals surface area contributed by atoms with Crippen LogP contribution in [0, 0.1) is 6.92 Å². The average Bonchev–Trinajstić information content (AvgIpc) is 2.69. The zero-order chi connectivity index (χ0) is 19.4. The Hall–Kier alpha value is -2.21.